The molecule has 4 rings (SSSR count). The molecule has 0 aliphatic carbocycles. The highest BCUT2D eigenvalue weighted by Gasteiger charge is 2.41. The van der Waals surface area contributed by atoms with Crippen molar-refractivity contribution in [1.29, 1.82) is 0 Å². The topological polar surface area (TPSA) is 85.7 Å². The summed E-state index contributed by atoms with van der Waals surface area (Å²) in [5, 5.41) is 2.77. The summed E-state index contributed by atoms with van der Waals surface area (Å²) in [5.41, 5.74) is 1.30. The Balaban J connectivity index is 1.54. The van der Waals surface area contributed by atoms with Crippen molar-refractivity contribution < 1.29 is 19.1 Å². The number of piperidine rings is 1. The lowest BCUT2D eigenvalue weighted by Crippen LogP contribution is -2.47. The lowest BCUT2D eigenvalue weighted by atomic mass is 10.0. The zero-order chi connectivity index (χ0) is 18.9. The van der Waals surface area contributed by atoms with E-state index in [1.165, 1.54) is 0 Å². The first-order valence-corrected chi connectivity index (χ1v) is 9.69. The summed E-state index contributed by atoms with van der Waals surface area (Å²) in [7, 11) is 0. The number of hydrogen-bond donors (Lipinski definition) is 1. The molecule has 1 aromatic rings. The van der Waals surface area contributed by atoms with Crippen LogP contribution in [0, 0.1) is 0 Å². The van der Waals surface area contributed by atoms with E-state index in [0.29, 0.717) is 57.2 Å². The highest BCUT2D eigenvalue weighted by atomic mass is 16.7. The molecule has 8 nitrogen and oxygen atoms in total. The molecule has 1 spiro atoms. The molecule has 146 valence electrons. The highest BCUT2D eigenvalue weighted by Crippen LogP contribution is 2.32. The summed E-state index contributed by atoms with van der Waals surface area (Å²) < 4.78 is 13.4. The molecule has 3 aliphatic rings. The van der Waals surface area contributed by atoms with Crippen LogP contribution in [0.4, 0.5) is 0 Å². The minimum absolute atomic E-state index is 0.101. The van der Waals surface area contributed by atoms with Gasteiger partial charge in [0.1, 0.15) is 5.69 Å². The maximum atomic E-state index is 13.1. The third-order valence-corrected chi connectivity index (χ3v) is 5.56. The summed E-state index contributed by atoms with van der Waals surface area (Å²) in [5.74, 6) is -0.551. The third kappa shape index (κ3) is 3.39. The number of ether oxygens (including phenoxy) is 2. The Morgan fingerprint density at radius 1 is 1.19 bits per heavy atom. The van der Waals surface area contributed by atoms with Gasteiger partial charge in [0.2, 0.25) is 0 Å². The zero-order valence-corrected chi connectivity index (χ0v) is 15.5. The van der Waals surface area contributed by atoms with Gasteiger partial charge in [-0.05, 0) is 19.3 Å². The minimum atomic E-state index is -0.514. The van der Waals surface area contributed by atoms with Gasteiger partial charge in [-0.1, -0.05) is 6.08 Å². The molecule has 27 heavy (non-hydrogen) atoms. The zero-order valence-electron chi connectivity index (χ0n) is 15.5. The van der Waals surface area contributed by atoms with Gasteiger partial charge >= 0.3 is 0 Å². The Morgan fingerprint density at radius 3 is 2.63 bits per heavy atom. The molecule has 2 fully saturated rings. The van der Waals surface area contributed by atoms with Crippen LogP contribution in [0.2, 0.25) is 0 Å². The number of amides is 2. The monoisotopic (exact) mass is 374 g/mol. The van der Waals surface area contributed by atoms with Crippen molar-refractivity contribution in [3.8, 4) is 0 Å². The van der Waals surface area contributed by atoms with Crippen molar-refractivity contribution >= 4 is 11.8 Å². The fraction of sp³-hybridized carbons (Fsp3) is 0.632. The second kappa shape index (κ2) is 7.44. The molecule has 1 aromatic heterocycles. The van der Waals surface area contributed by atoms with Crippen LogP contribution in [0.5, 0.6) is 0 Å². The number of hydrogen-bond acceptors (Lipinski definition) is 5. The smallest absolute Gasteiger partial charge is 0.287 e. The highest BCUT2D eigenvalue weighted by molar-refractivity contribution is 5.97. The Morgan fingerprint density at radius 2 is 1.93 bits per heavy atom. The first-order chi connectivity index (χ1) is 13.1. The normalized spacial score (nSPS) is 21.1. The number of carbonyl (C=O) groups is 2. The van der Waals surface area contributed by atoms with E-state index >= 15 is 0 Å². The average molecular weight is 374 g/mol. The van der Waals surface area contributed by atoms with E-state index < -0.39 is 5.79 Å². The van der Waals surface area contributed by atoms with Crippen LogP contribution in [0.25, 0.3) is 0 Å². The van der Waals surface area contributed by atoms with Crippen molar-refractivity contribution in [2.24, 2.45) is 0 Å². The van der Waals surface area contributed by atoms with Crippen LogP contribution in [0.3, 0.4) is 0 Å². The molecule has 2 saturated heterocycles. The second-order valence-corrected chi connectivity index (χ2v) is 7.24. The van der Waals surface area contributed by atoms with Crippen LogP contribution in [0.1, 0.15) is 52.5 Å². The summed E-state index contributed by atoms with van der Waals surface area (Å²) in [4.78, 5) is 31.9. The summed E-state index contributed by atoms with van der Waals surface area (Å²) in [6.45, 7) is 7.09. The largest absolute Gasteiger partial charge is 0.347 e. The second-order valence-electron chi connectivity index (χ2n) is 7.24. The van der Waals surface area contributed by atoms with Gasteiger partial charge in [-0.3, -0.25) is 9.59 Å². The first-order valence-electron chi connectivity index (χ1n) is 9.69. The fourth-order valence-electron chi connectivity index (χ4n) is 4.12. The van der Waals surface area contributed by atoms with Gasteiger partial charge in [-0.25, -0.2) is 4.98 Å². The molecule has 4 heterocycles. The molecule has 3 aliphatic heterocycles. The van der Waals surface area contributed by atoms with Crippen LogP contribution >= 0.6 is 0 Å². The third-order valence-electron chi connectivity index (χ3n) is 5.56. The molecule has 0 radical (unpaired) electrons. The molecule has 0 bridgehead atoms. The van der Waals surface area contributed by atoms with Gasteiger partial charge in [-0.2, -0.15) is 0 Å². The predicted octanol–water partition coefficient (Wildman–Crippen LogP) is 1.11. The van der Waals surface area contributed by atoms with Crippen LogP contribution < -0.4 is 5.32 Å². The number of fused-ring (bicyclic) bond motifs is 1. The van der Waals surface area contributed by atoms with Gasteiger partial charge in [0, 0.05) is 39.0 Å². The number of imidazole rings is 1. The molecule has 0 unspecified atom stereocenters. The summed E-state index contributed by atoms with van der Waals surface area (Å²) >= 11 is 0. The maximum absolute atomic E-state index is 13.1. The van der Waals surface area contributed by atoms with Crippen molar-refractivity contribution in [2.75, 3.05) is 32.8 Å². The molecule has 2 amide bonds. The summed E-state index contributed by atoms with van der Waals surface area (Å²) in [6, 6.07) is 0. The van der Waals surface area contributed by atoms with Gasteiger partial charge in [0.15, 0.2) is 11.6 Å². The molecule has 1 N–H and O–H groups in total. The minimum Gasteiger partial charge on any atom is -0.347 e. The van der Waals surface area contributed by atoms with Crippen molar-refractivity contribution in [1.82, 2.24) is 19.8 Å². The molecule has 0 atom stereocenters. The number of nitrogens with zero attached hydrogens (tertiary/aromatic N) is 3. The van der Waals surface area contributed by atoms with E-state index in [1.807, 2.05) is 4.57 Å². The molecule has 8 heteroatoms. The molecule has 0 saturated carbocycles. The number of nitrogens with one attached hydrogen (secondary N) is 1. The van der Waals surface area contributed by atoms with Gasteiger partial charge in [0.05, 0.1) is 18.9 Å². The lowest BCUT2D eigenvalue weighted by molar-refractivity contribution is -0.181. The van der Waals surface area contributed by atoms with E-state index in [1.54, 1.807) is 11.0 Å². The van der Waals surface area contributed by atoms with Crippen LogP contribution in [-0.4, -0.2) is 64.9 Å². The van der Waals surface area contributed by atoms with E-state index in [-0.39, 0.29) is 11.8 Å². The lowest BCUT2D eigenvalue weighted by Gasteiger charge is -2.37. The summed E-state index contributed by atoms with van der Waals surface area (Å²) in [6.07, 6.45) is 5.72. The maximum Gasteiger partial charge on any atom is 0.287 e. The number of rotatable bonds is 4. The Hall–Kier alpha value is -2.19. The van der Waals surface area contributed by atoms with Gasteiger partial charge < -0.3 is 24.3 Å². The quantitative estimate of drug-likeness (QED) is 0.798. The predicted molar refractivity (Wildman–Crippen MR) is 97.5 cm³/mol. The van der Waals surface area contributed by atoms with Gasteiger partial charge in [-0.15, -0.1) is 6.58 Å². The molecular weight excluding hydrogens is 348 g/mol. The van der Waals surface area contributed by atoms with E-state index in [4.69, 9.17) is 9.47 Å². The number of carbonyl (C=O) groups excluding carboxylic acids is 2. The van der Waals surface area contributed by atoms with Crippen molar-refractivity contribution in [2.45, 2.75) is 44.4 Å². The average Bonchev–Trinajstić information content (AvgIpc) is 3.31. The van der Waals surface area contributed by atoms with E-state index in [0.717, 1.165) is 31.5 Å². The SMILES string of the molecule is C=CCNC(=O)c1nc(C(=O)N2CCC3(CC2)OCCO3)c2n1CCCC2. The molecular formula is C19H26N4O4. The standard InChI is InChI=1S/C19H26N4O4/c1-2-8-20-17(24)16-21-15(14-5-3-4-9-23(14)16)18(25)22-10-6-19(7-11-22)26-12-13-27-19/h2H,1,3-13H2,(H,20,24). The fourth-order valence-corrected chi connectivity index (χ4v) is 4.12. The van der Waals surface area contributed by atoms with Crippen molar-refractivity contribution in [3.63, 3.8) is 0 Å². The first kappa shape index (κ1) is 18.2. The Bertz CT molecular complexity index is 741. The molecule has 0 aromatic carbocycles. The van der Waals surface area contributed by atoms with E-state index in [9.17, 15) is 9.59 Å². The number of aromatic nitrogens is 2. The van der Waals surface area contributed by atoms with Crippen LogP contribution in [-0.2, 0) is 22.4 Å². The Labute approximate surface area is 158 Å². The number of likely N-dealkylation sites (tertiary alicyclic amines) is 1. The Kier molecular flexibility index (Phi) is 5.01. The van der Waals surface area contributed by atoms with Crippen LogP contribution in [0.15, 0.2) is 12.7 Å². The van der Waals surface area contributed by atoms with Gasteiger partial charge in [0.25, 0.3) is 11.8 Å². The van der Waals surface area contributed by atoms with Crippen molar-refractivity contribution in [3.05, 3.63) is 29.9 Å². The van der Waals surface area contributed by atoms with E-state index in [2.05, 4.69) is 16.9 Å².